The van der Waals surface area contributed by atoms with Crippen LogP contribution in [-0.4, -0.2) is 30.9 Å². The molecule has 1 saturated heterocycles. The maximum atomic E-state index is 5.37. The molecule has 0 spiro atoms. The molecule has 106 valence electrons. The quantitative estimate of drug-likeness (QED) is 0.922. The predicted octanol–water partition coefficient (Wildman–Crippen LogP) is 2.18. The van der Waals surface area contributed by atoms with Crippen molar-refractivity contribution in [2.75, 3.05) is 20.8 Å². The maximum Gasteiger partial charge on any atom is 0.261 e. The van der Waals surface area contributed by atoms with E-state index in [1.54, 1.807) is 14.2 Å². The number of rotatable bonds is 4. The van der Waals surface area contributed by atoms with E-state index in [2.05, 4.69) is 15.5 Å². The van der Waals surface area contributed by atoms with Gasteiger partial charge in [0.1, 0.15) is 11.5 Å². The summed E-state index contributed by atoms with van der Waals surface area (Å²) in [6.07, 6.45) is 2.17. The summed E-state index contributed by atoms with van der Waals surface area (Å²) in [4.78, 5) is 4.47. The highest BCUT2D eigenvalue weighted by molar-refractivity contribution is 5.65. The second kappa shape index (κ2) is 5.50. The third-order valence-electron chi connectivity index (χ3n) is 3.45. The lowest BCUT2D eigenvalue weighted by Crippen LogP contribution is -2.14. The molecule has 6 heteroatoms. The average molecular weight is 275 g/mol. The molecule has 0 bridgehead atoms. The molecule has 6 nitrogen and oxygen atoms in total. The predicted molar refractivity (Wildman–Crippen MR) is 72.8 cm³/mol. The smallest absolute Gasteiger partial charge is 0.261 e. The van der Waals surface area contributed by atoms with E-state index >= 15 is 0 Å². The van der Waals surface area contributed by atoms with Crippen molar-refractivity contribution in [2.45, 2.75) is 18.9 Å². The molecule has 1 aromatic carbocycles. The van der Waals surface area contributed by atoms with Crippen LogP contribution in [0.2, 0.25) is 0 Å². The molecule has 1 unspecified atom stereocenters. The lowest BCUT2D eigenvalue weighted by atomic mass is 10.2. The third-order valence-corrected chi connectivity index (χ3v) is 3.45. The lowest BCUT2D eigenvalue weighted by Gasteiger charge is -2.07. The fourth-order valence-corrected chi connectivity index (χ4v) is 2.37. The lowest BCUT2D eigenvalue weighted by molar-refractivity contribution is 0.393. The van der Waals surface area contributed by atoms with Gasteiger partial charge in [-0.1, -0.05) is 5.16 Å². The van der Waals surface area contributed by atoms with Crippen LogP contribution in [0, 0.1) is 0 Å². The Balaban J connectivity index is 1.95. The molecular formula is C14H17N3O3. The summed E-state index contributed by atoms with van der Waals surface area (Å²) in [6.45, 7) is 0.997. The summed E-state index contributed by atoms with van der Waals surface area (Å²) in [7, 11) is 3.23. The molecule has 1 fully saturated rings. The van der Waals surface area contributed by atoms with E-state index in [1.165, 1.54) is 0 Å². The molecule has 0 aliphatic carbocycles. The molecule has 2 heterocycles. The van der Waals surface area contributed by atoms with Crippen molar-refractivity contribution in [3.05, 3.63) is 24.0 Å². The topological polar surface area (TPSA) is 69.4 Å². The molecular weight excluding hydrogens is 258 g/mol. The van der Waals surface area contributed by atoms with Gasteiger partial charge in [-0.3, -0.25) is 0 Å². The normalized spacial score (nSPS) is 18.2. The number of ether oxygens (including phenoxy) is 2. The maximum absolute atomic E-state index is 5.37. The Morgan fingerprint density at radius 3 is 2.90 bits per heavy atom. The number of methoxy groups -OCH3 is 2. The van der Waals surface area contributed by atoms with Crippen LogP contribution < -0.4 is 14.8 Å². The highest BCUT2D eigenvalue weighted by atomic mass is 16.5. The molecule has 3 rings (SSSR count). The molecule has 1 atom stereocenters. The van der Waals surface area contributed by atoms with Crippen molar-refractivity contribution in [3.8, 4) is 23.0 Å². The first-order chi connectivity index (χ1) is 9.81. The monoisotopic (exact) mass is 275 g/mol. The summed E-state index contributed by atoms with van der Waals surface area (Å²) in [6, 6.07) is 5.67. The molecule has 0 saturated carbocycles. The number of nitrogens with one attached hydrogen (secondary N) is 1. The van der Waals surface area contributed by atoms with E-state index in [-0.39, 0.29) is 6.04 Å². The van der Waals surface area contributed by atoms with Crippen molar-refractivity contribution in [1.29, 1.82) is 0 Å². The van der Waals surface area contributed by atoms with Gasteiger partial charge in [-0.15, -0.1) is 0 Å². The average Bonchev–Trinajstić information content (AvgIpc) is 3.17. The molecule has 0 radical (unpaired) electrons. The number of hydrogen-bond donors (Lipinski definition) is 1. The van der Waals surface area contributed by atoms with Gasteiger partial charge in [-0.2, -0.15) is 4.98 Å². The first kappa shape index (κ1) is 12.9. The van der Waals surface area contributed by atoms with Gasteiger partial charge < -0.3 is 19.3 Å². The number of nitrogens with zero attached hydrogens (tertiary/aromatic N) is 2. The number of hydrogen-bond acceptors (Lipinski definition) is 6. The molecule has 20 heavy (non-hydrogen) atoms. The van der Waals surface area contributed by atoms with Crippen molar-refractivity contribution < 1.29 is 14.0 Å². The standard InChI is InChI=1S/C14H17N3O3/c1-18-9-5-6-12(19-2)10(8-9)14-16-13(17-20-14)11-4-3-7-15-11/h5-6,8,11,15H,3-4,7H2,1-2H3. The summed E-state index contributed by atoms with van der Waals surface area (Å²) < 4.78 is 15.9. The summed E-state index contributed by atoms with van der Waals surface area (Å²) in [5.74, 6) is 2.55. The second-order valence-corrected chi connectivity index (χ2v) is 4.67. The van der Waals surface area contributed by atoms with Gasteiger partial charge in [0, 0.05) is 0 Å². The van der Waals surface area contributed by atoms with Crippen molar-refractivity contribution in [1.82, 2.24) is 15.5 Å². The van der Waals surface area contributed by atoms with E-state index in [9.17, 15) is 0 Å². The van der Waals surface area contributed by atoms with Crippen LogP contribution in [0.3, 0.4) is 0 Å². The Bertz CT molecular complexity index is 591. The Kier molecular flexibility index (Phi) is 3.56. The molecule has 2 aromatic rings. The largest absolute Gasteiger partial charge is 0.497 e. The van der Waals surface area contributed by atoms with Crippen molar-refractivity contribution in [3.63, 3.8) is 0 Å². The van der Waals surface area contributed by atoms with Gasteiger partial charge in [-0.25, -0.2) is 0 Å². The highest BCUT2D eigenvalue weighted by Gasteiger charge is 2.23. The molecule has 1 aliphatic heterocycles. The Morgan fingerprint density at radius 2 is 2.20 bits per heavy atom. The fourth-order valence-electron chi connectivity index (χ4n) is 2.37. The first-order valence-electron chi connectivity index (χ1n) is 6.61. The fraction of sp³-hybridized carbons (Fsp3) is 0.429. The Labute approximate surface area is 117 Å². The Hall–Kier alpha value is -2.08. The summed E-state index contributed by atoms with van der Waals surface area (Å²) in [5, 5.41) is 7.41. The minimum absolute atomic E-state index is 0.184. The van der Waals surface area contributed by atoms with Crippen LogP contribution >= 0.6 is 0 Å². The van der Waals surface area contributed by atoms with Gasteiger partial charge in [-0.05, 0) is 37.6 Å². The zero-order valence-corrected chi connectivity index (χ0v) is 11.5. The third kappa shape index (κ3) is 2.34. The zero-order chi connectivity index (χ0) is 13.9. The van der Waals surface area contributed by atoms with E-state index in [4.69, 9.17) is 14.0 Å². The van der Waals surface area contributed by atoms with Gasteiger partial charge in [0.15, 0.2) is 5.82 Å². The van der Waals surface area contributed by atoms with E-state index in [1.807, 2.05) is 18.2 Å². The van der Waals surface area contributed by atoms with Crippen molar-refractivity contribution >= 4 is 0 Å². The van der Waals surface area contributed by atoms with E-state index in [0.29, 0.717) is 17.5 Å². The van der Waals surface area contributed by atoms with Crippen LogP contribution in [0.25, 0.3) is 11.5 Å². The molecule has 1 N–H and O–H groups in total. The van der Waals surface area contributed by atoms with Crippen LogP contribution in [0.4, 0.5) is 0 Å². The molecule has 1 aromatic heterocycles. The molecule has 0 amide bonds. The summed E-state index contributed by atoms with van der Waals surface area (Å²) >= 11 is 0. The van der Waals surface area contributed by atoms with Gasteiger partial charge in [0.2, 0.25) is 0 Å². The molecule has 1 aliphatic rings. The number of aromatic nitrogens is 2. The van der Waals surface area contributed by atoms with E-state index < -0.39 is 0 Å². The minimum atomic E-state index is 0.184. The van der Waals surface area contributed by atoms with Gasteiger partial charge >= 0.3 is 0 Å². The summed E-state index contributed by atoms with van der Waals surface area (Å²) in [5.41, 5.74) is 0.739. The van der Waals surface area contributed by atoms with Crippen molar-refractivity contribution in [2.24, 2.45) is 0 Å². The van der Waals surface area contributed by atoms with Crippen LogP contribution in [-0.2, 0) is 0 Å². The van der Waals surface area contributed by atoms with Crippen LogP contribution in [0.1, 0.15) is 24.7 Å². The minimum Gasteiger partial charge on any atom is -0.497 e. The SMILES string of the molecule is COc1ccc(OC)c(-c2nc(C3CCCN3)no2)c1. The first-order valence-corrected chi connectivity index (χ1v) is 6.61. The zero-order valence-electron chi connectivity index (χ0n) is 11.5. The second-order valence-electron chi connectivity index (χ2n) is 4.67. The van der Waals surface area contributed by atoms with Crippen LogP contribution in [0.15, 0.2) is 22.7 Å². The Morgan fingerprint density at radius 1 is 1.30 bits per heavy atom. The van der Waals surface area contributed by atoms with Gasteiger partial charge in [0.05, 0.1) is 25.8 Å². The number of benzene rings is 1. The van der Waals surface area contributed by atoms with Crippen LogP contribution in [0.5, 0.6) is 11.5 Å². The highest BCUT2D eigenvalue weighted by Crippen LogP contribution is 2.33. The van der Waals surface area contributed by atoms with E-state index in [0.717, 1.165) is 30.7 Å². The van der Waals surface area contributed by atoms with Gasteiger partial charge in [0.25, 0.3) is 5.89 Å².